The SMILES string of the molecule is C.Cc1cc2cc(-c3cnc4ccc(N(C)C5CCC(C)CC5)nn34)sc2cc1C.Cc1cc2cc(-c3cnc4ccc(N(C)C5CCC(O)CC5)nn34)sc2cc1C.Cc1cc2cc(-c3cnc4ccc(NC5CCC(O)CC5)nn34)sc2cc1C.Cc1ccc(Nc2ccc3ncc(-c4cc5cnccc5s4)n3n2)cc1C.Cc1cccc2cc(-c3cnc4ccc(NC5CCC(O)CC5)nn34)sc12. The molecule has 4 aliphatic carbocycles. The highest BCUT2D eigenvalue weighted by Gasteiger charge is 2.29. The summed E-state index contributed by atoms with van der Waals surface area (Å²) in [7, 11) is 4.30. The minimum absolute atomic E-state index is 0. The molecule has 4 fully saturated rings. The molecule has 21 aromatic rings. The number of aliphatic hydroxyl groups excluding tert-OH is 3. The standard InChI is InChI=1S/C24H28N4S.C23H26N4OS.C22H24N4OS.C21H17N5S.C21H22N4OS.CH4/c1-15-5-7-19(8-6-15)27(4)24-10-9-23-25-14-20(28(23)26-24)22-13-18-11-16(2)17(3)12-21(18)29-22;1-14-10-16-12-21(29-20(16)11-15(14)2)19-13-24-22-8-9-23(25-27(19)22)26(3)17-4-6-18(28)7-5-17;1-13-9-15-11-20(28-19(15)10-14(13)2)18-12-23-22-8-7-21(25-26(18)22)24-16-3-5-17(27)6-4-16;1-13-3-4-16(9-14(13)2)24-20-5-6-21-23-12-17(26(21)25-20)19-10-15-11-22-8-7-18(15)27-19;1-13-3-2-4-14-11-18(27-21(13)14)17-12-22-20-10-9-19(24-25(17)20)23-15-5-7-16(26)8-6-15;/h9-15,19H,5-8H2,1-4H3;8-13,17-18,28H,4-7H2,1-3H3;7-12,16-17,27H,3-6H2,1-2H3,(H,24,25);3-12H,1-2H3,(H,24,25);2-4,9-12,15-16,26H,5-8H2,1H3,(H,23,24);1H4. The highest BCUT2D eigenvalue weighted by Crippen LogP contribution is 2.43. The van der Waals surface area contributed by atoms with Crippen LogP contribution in [0.25, 0.3) is 132 Å². The summed E-state index contributed by atoms with van der Waals surface area (Å²) < 4.78 is 16.2. The van der Waals surface area contributed by atoms with Gasteiger partial charge in [0, 0.05) is 85.2 Å². The summed E-state index contributed by atoms with van der Waals surface area (Å²) >= 11 is 8.91. The molecule has 5 aromatic carbocycles. The Kier molecular flexibility index (Phi) is 27.7. The first-order valence-electron chi connectivity index (χ1n) is 48.9. The summed E-state index contributed by atoms with van der Waals surface area (Å²) in [5.74, 6) is 5.35. The quantitative estimate of drug-likeness (QED) is 0.0557. The number of imidazole rings is 5. The van der Waals surface area contributed by atoms with E-state index in [9.17, 15) is 15.3 Å². The van der Waals surface area contributed by atoms with E-state index in [4.69, 9.17) is 25.5 Å². The van der Waals surface area contributed by atoms with Crippen LogP contribution >= 0.6 is 56.7 Å². The predicted octanol–water partition coefficient (Wildman–Crippen LogP) is 26.8. The zero-order valence-electron chi connectivity index (χ0n) is 81.1. The number of nitrogens with one attached hydrogen (secondary N) is 3. The van der Waals surface area contributed by atoms with Crippen molar-refractivity contribution in [2.45, 2.75) is 222 Å². The Morgan fingerprint density at radius 1 is 0.312 bits per heavy atom. The predicted molar refractivity (Wildman–Crippen MR) is 586 cm³/mol. The molecule has 29 heteroatoms. The van der Waals surface area contributed by atoms with E-state index in [2.05, 4.69) is 260 Å². The molecule has 0 aliphatic heterocycles. The highest BCUT2D eigenvalue weighted by atomic mass is 32.1. The maximum Gasteiger partial charge on any atom is 0.154 e. The van der Waals surface area contributed by atoms with E-state index >= 15 is 0 Å². The van der Waals surface area contributed by atoms with Crippen LogP contribution < -0.4 is 25.8 Å². The van der Waals surface area contributed by atoms with Crippen molar-refractivity contribution in [1.29, 1.82) is 0 Å². The van der Waals surface area contributed by atoms with Gasteiger partial charge in [0.15, 0.2) is 34.1 Å². The van der Waals surface area contributed by atoms with E-state index in [1.165, 1.54) is 140 Å². The second-order valence-electron chi connectivity index (χ2n) is 38.8. The largest absolute Gasteiger partial charge is 0.393 e. The molecule has 0 spiro atoms. The van der Waals surface area contributed by atoms with Crippen LogP contribution in [0.3, 0.4) is 0 Å². The molecule has 24 nitrogen and oxygen atoms in total. The van der Waals surface area contributed by atoms with Crippen LogP contribution in [0.1, 0.15) is 167 Å². The van der Waals surface area contributed by atoms with Crippen molar-refractivity contribution in [3.63, 3.8) is 0 Å². The molecule has 4 saturated carbocycles. The number of thiophene rings is 5. The van der Waals surface area contributed by atoms with Gasteiger partial charge in [-0.3, -0.25) is 4.98 Å². The second-order valence-corrected chi connectivity index (χ2v) is 44.2. The van der Waals surface area contributed by atoms with E-state index in [1.54, 1.807) is 45.3 Å². The smallest absolute Gasteiger partial charge is 0.154 e. The summed E-state index contributed by atoms with van der Waals surface area (Å²) in [6.45, 7) is 21.7. The monoisotopic (exact) mass is 1970 g/mol. The molecule has 16 heterocycles. The van der Waals surface area contributed by atoms with Gasteiger partial charge in [-0.1, -0.05) is 56.8 Å². The third kappa shape index (κ3) is 20.5. The minimum atomic E-state index is -0.144. The molecule has 0 radical (unpaired) electrons. The van der Waals surface area contributed by atoms with Crippen molar-refractivity contribution in [3.8, 4) is 52.9 Å². The van der Waals surface area contributed by atoms with Crippen molar-refractivity contribution in [2.24, 2.45) is 5.92 Å². The Hall–Kier alpha value is -13.0. The molecule has 4 aliphatic rings. The van der Waals surface area contributed by atoms with Gasteiger partial charge < -0.3 is 41.1 Å². The number of aryl methyl sites for hydroxylation is 9. The van der Waals surface area contributed by atoms with Gasteiger partial charge in [-0.2, -0.15) is 0 Å². The van der Waals surface area contributed by atoms with E-state index in [0.29, 0.717) is 24.2 Å². The highest BCUT2D eigenvalue weighted by molar-refractivity contribution is 7.23. The van der Waals surface area contributed by atoms with E-state index in [-0.39, 0.29) is 25.7 Å². The van der Waals surface area contributed by atoms with E-state index in [1.807, 2.05) is 126 Å². The molecule has 141 heavy (non-hydrogen) atoms. The lowest BCUT2D eigenvalue weighted by molar-refractivity contribution is 0.122. The fourth-order valence-corrected chi connectivity index (χ4v) is 25.3. The molecule has 0 bridgehead atoms. The van der Waals surface area contributed by atoms with E-state index in [0.717, 1.165) is 185 Å². The van der Waals surface area contributed by atoms with Gasteiger partial charge in [-0.05, 0) is 370 Å². The van der Waals surface area contributed by atoms with Gasteiger partial charge in [0.05, 0.1) is 73.7 Å². The Morgan fingerprint density at radius 2 is 0.667 bits per heavy atom. The molecule has 25 rings (SSSR count). The van der Waals surface area contributed by atoms with Crippen molar-refractivity contribution in [1.82, 2.24) is 78.0 Å². The lowest BCUT2D eigenvalue weighted by Gasteiger charge is -2.34. The maximum atomic E-state index is 9.80. The molecule has 6 N–H and O–H groups in total. The van der Waals surface area contributed by atoms with Gasteiger partial charge in [-0.15, -0.1) is 82.2 Å². The van der Waals surface area contributed by atoms with Crippen molar-refractivity contribution < 1.29 is 15.3 Å². The van der Waals surface area contributed by atoms with Gasteiger partial charge in [0.2, 0.25) is 0 Å². The third-order valence-corrected chi connectivity index (χ3v) is 34.7. The number of aliphatic hydroxyl groups is 3. The first-order chi connectivity index (χ1) is 67.9. The maximum absolute atomic E-state index is 9.80. The number of fused-ring (bicyclic) bond motifs is 10. The molecule has 16 aromatic heterocycles. The molecule has 0 saturated heterocycles. The summed E-state index contributed by atoms with van der Waals surface area (Å²) in [4.78, 5) is 37.5. The van der Waals surface area contributed by atoms with Crippen molar-refractivity contribution in [3.05, 3.63) is 263 Å². The van der Waals surface area contributed by atoms with Gasteiger partial charge >= 0.3 is 0 Å². The van der Waals surface area contributed by atoms with Crippen LogP contribution in [-0.4, -0.2) is 150 Å². The molecule has 722 valence electrons. The Balaban J connectivity index is 0.000000108. The number of anilines is 6. The van der Waals surface area contributed by atoms with Gasteiger partial charge in [0.25, 0.3) is 0 Å². The molecular weight excluding hydrogens is 1850 g/mol. The van der Waals surface area contributed by atoms with Gasteiger partial charge in [0.1, 0.15) is 51.7 Å². The Bertz CT molecular complexity index is 7760. The second kappa shape index (κ2) is 40.9. The number of benzene rings is 5. The zero-order chi connectivity index (χ0) is 96.3. The van der Waals surface area contributed by atoms with Crippen LogP contribution in [0, 0.1) is 68.2 Å². The lowest BCUT2D eigenvalue weighted by atomic mass is 9.87. The van der Waals surface area contributed by atoms with Crippen LogP contribution in [0.4, 0.5) is 34.8 Å². The minimum Gasteiger partial charge on any atom is -0.393 e. The fraction of sp³-hybridized carbons (Fsp3) is 0.330. The topological polar surface area (TPSA) is 267 Å². The van der Waals surface area contributed by atoms with Crippen molar-refractivity contribution >= 4 is 170 Å². The van der Waals surface area contributed by atoms with Crippen LogP contribution in [-0.2, 0) is 0 Å². The summed E-state index contributed by atoms with van der Waals surface area (Å²) in [6.07, 6.45) is 29.1. The summed E-state index contributed by atoms with van der Waals surface area (Å²) in [5, 5.41) is 70.2. The van der Waals surface area contributed by atoms with Gasteiger partial charge in [-0.25, -0.2) is 47.5 Å². The molecule has 0 atom stereocenters. The normalized spacial score (nSPS) is 18.2. The average Bonchev–Trinajstić information content (AvgIpc) is 1.64. The first kappa shape index (κ1) is 95.6. The number of hydrogen-bond acceptors (Lipinski definition) is 24. The number of nitrogens with zero attached hydrogens (tertiary/aromatic N) is 18. The fourth-order valence-electron chi connectivity index (χ4n) is 19.7. The summed E-state index contributed by atoms with van der Waals surface area (Å²) in [5.41, 5.74) is 22.2. The number of pyridine rings is 1. The molecule has 0 amide bonds. The van der Waals surface area contributed by atoms with Crippen LogP contribution in [0.5, 0.6) is 0 Å². The number of rotatable bonds is 15. The first-order valence-corrected chi connectivity index (χ1v) is 53.0. The number of aromatic nitrogens is 16. The molecule has 0 unspecified atom stereocenters. The Labute approximate surface area is 841 Å². The molecular formula is C112H121N21O3S5. The average molecular weight is 1970 g/mol. The van der Waals surface area contributed by atoms with Crippen LogP contribution in [0.15, 0.2) is 213 Å². The van der Waals surface area contributed by atoms with E-state index < -0.39 is 0 Å². The number of hydrogen-bond donors (Lipinski definition) is 6. The van der Waals surface area contributed by atoms with Crippen LogP contribution in [0.2, 0.25) is 0 Å². The summed E-state index contributed by atoms with van der Waals surface area (Å²) in [6, 6.07) is 61.5. The third-order valence-electron chi connectivity index (χ3n) is 28.8. The zero-order valence-corrected chi connectivity index (χ0v) is 85.2. The Morgan fingerprint density at radius 3 is 1.09 bits per heavy atom. The lowest BCUT2D eigenvalue weighted by Crippen LogP contribution is -2.37. The van der Waals surface area contributed by atoms with Crippen molar-refractivity contribution in [2.75, 3.05) is 39.8 Å².